The van der Waals surface area contributed by atoms with E-state index in [-0.39, 0.29) is 6.61 Å². The SMILES string of the molecule is C/C=C/[C@H]1[C@@H](C)N(C(=O)OCc2ccccc2)C(=O)N1C(C)=O. The number of rotatable bonds is 3. The first-order chi connectivity index (χ1) is 11.0. The van der Waals surface area contributed by atoms with E-state index >= 15 is 0 Å². The van der Waals surface area contributed by atoms with Crippen LogP contribution in [0, 0.1) is 0 Å². The highest BCUT2D eigenvalue weighted by atomic mass is 16.6. The lowest BCUT2D eigenvalue weighted by Crippen LogP contribution is -2.40. The van der Waals surface area contributed by atoms with Gasteiger partial charge in [0.2, 0.25) is 5.91 Å². The lowest BCUT2D eigenvalue weighted by Gasteiger charge is -2.19. The molecule has 1 aromatic carbocycles. The lowest BCUT2D eigenvalue weighted by molar-refractivity contribution is -0.126. The van der Waals surface area contributed by atoms with Crippen LogP contribution in [0.4, 0.5) is 9.59 Å². The number of amides is 4. The molecule has 0 unspecified atom stereocenters. The van der Waals surface area contributed by atoms with Crippen molar-refractivity contribution in [3.63, 3.8) is 0 Å². The third-order valence-corrected chi connectivity index (χ3v) is 3.74. The zero-order valence-corrected chi connectivity index (χ0v) is 13.4. The first kappa shape index (κ1) is 16.7. The molecule has 0 N–H and O–H groups in total. The summed E-state index contributed by atoms with van der Waals surface area (Å²) in [5.41, 5.74) is 0.827. The van der Waals surface area contributed by atoms with Crippen LogP contribution in [0.5, 0.6) is 0 Å². The molecule has 4 amide bonds. The summed E-state index contributed by atoms with van der Waals surface area (Å²) in [7, 11) is 0. The van der Waals surface area contributed by atoms with E-state index in [4.69, 9.17) is 4.74 Å². The Bertz CT molecular complexity index is 627. The molecule has 23 heavy (non-hydrogen) atoms. The highest BCUT2D eigenvalue weighted by Crippen LogP contribution is 2.25. The first-order valence-corrected chi connectivity index (χ1v) is 7.43. The molecule has 0 bridgehead atoms. The molecule has 1 fully saturated rings. The molecule has 6 nitrogen and oxygen atoms in total. The Labute approximate surface area is 135 Å². The van der Waals surface area contributed by atoms with Crippen LogP contribution in [0.25, 0.3) is 0 Å². The summed E-state index contributed by atoms with van der Waals surface area (Å²) in [5, 5.41) is 0. The van der Waals surface area contributed by atoms with E-state index < -0.39 is 30.1 Å². The van der Waals surface area contributed by atoms with Crippen LogP contribution in [-0.2, 0) is 16.1 Å². The second kappa shape index (κ2) is 7.09. The van der Waals surface area contributed by atoms with Gasteiger partial charge < -0.3 is 4.74 Å². The maximum Gasteiger partial charge on any atom is 0.418 e. The normalized spacial score (nSPS) is 21.1. The summed E-state index contributed by atoms with van der Waals surface area (Å²) in [6.45, 7) is 4.89. The van der Waals surface area contributed by atoms with Crippen molar-refractivity contribution in [2.75, 3.05) is 0 Å². The standard InChI is InChI=1S/C17H20N2O4/c1-4-8-15-12(2)18(16(21)19(15)13(3)20)17(22)23-11-14-9-6-5-7-10-14/h4-10,12,15H,11H2,1-3H3/b8-4+/t12-,15+/m1/s1. The summed E-state index contributed by atoms with van der Waals surface area (Å²) in [4.78, 5) is 38.5. The van der Waals surface area contributed by atoms with Gasteiger partial charge in [-0.25, -0.2) is 14.5 Å². The molecule has 6 heteroatoms. The number of allylic oxidation sites excluding steroid dienone is 1. The lowest BCUT2D eigenvalue weighted by atomic mass is 10.1. The van der Waals surface area contributed by atoms with Gasteiger partial charge in [-0.3, -0.25) is 9.69 Å². The third kappa shape index (κ3) is 3.41. The minimum Gasteiger partial charge on any atom is -0.444 e. The molecule has 2 rings (SSSR count). The predicted octanol–water partition coefficient (Wildman–Crippen LogP) is 2.94. The number of ether oxygens (including phenoxy) is 1. The minimum atomic E-state index is -0.746. The Morgan fingerprint density at radius 3 is 2.43 bits per heavy atom. The van der Waals surface area contributed by atoms with Crippen LogP contribution in [0.2, 0.25) is 0 Å². The van der Waals surface area contributed by atoms with Gasteiger partial charge in [0, 0.05) is 6.92 Å². The van der Waals surface area contributed by atoms with Gasteiger partial charge in [-0.05, 0) is 19.4 Å². The maximum atomic E-state index is 12.4. The van der Waals surface area contributed by atoms with E-state index in [1.807, 2.05) is 30.3 Å². The number of hydrogen-bond donors (Lipinski definition) is 0. The van der Waals surface area contributed by atoms with Gasteiger partial charge in [-0.15, -0.1) is 0 Å². The third-order valence-electron chi connectivity index (χ3n) is 3.74. The number of carbonyl (C=O) groups excluding carboxylic acids is 3. The molecule has 122 valence electrons. The van der Waals surface area contributed by atoms with E-state index in [9.17, 15) is 14.4 Å². The Hall–Kier alpha value is -2.63. The number of benzene rings is 1. The predicted molar refractivity (Wildman–Crippen MR) is 84.4 cm³/mol. The molecule has 1 saturated heterocycles. The van der Waals surface area contributed by atoms with Crippen molar-refractivity contribution in [2.24, 2.45) is 0 Å². The molecule has 0 aromatic heterocycles. The van der Waals surface area contributed by atoms with E-state index in [1.165, 1.54) is 6.92 Å². The molecule has 2 atom stereocenters. The molecule has 0 spiro atoms. The molecule has 1 aliphatic rings. The van der Waals surface area contributed by atoms with Crippen molar-refractivity contribution in [1.29, 1.82) is 0 Å². The Morgan fingerprint density at radius 1 is 1.22 bits per heavy atom. The van der Waals surface area contributed by atoms with Crippen molar-refractivity contribution >= 4 is 18.0 Å². The fraction of sp³-hybridized carbons (Fsp3) is 0.353. The quantitative estimate of drug-likeness (QED) is 0.804. The number of imide groups is 2. The number of urea groups is 1. The molecule has 1 aromatic rings. The molecular formula is C17H20N2O4. The van der Waals surface area contributed by atoms with Gasteiger partial charge in [-0.1, -0.05) is 42.5 Å². The maximum absolute atomic E-state index is 12.4. The summed E-state index contributed by atoms with van der Waals surface area (Å²) in [6, 6.07) is 7.59. The topological polar surface area (TPSA) is 66.9 Å². The number of hydrogen-bond acceptors (Lipinski definition) is 4. The van der Waals surface area contributed by atoms with Gasteiger partial charge in [0.05, 0.1) is 12.1 Å². The van der Waals surface area contributed by atoms with Crippen LogP contribution in [0.15, 0.2) is 42.5 Å². The van der Waals surface area contributed by atoms with Gasteiger partial charge in [0.25, 0.3) is 0 Å². The van der Waals surface area contributed by atoms with Crippen molar-refractivity contribution in [1.82, 2.24) is 9.80 Å². The van der Waals surface area contributed by atoms with E-state index in [2.05, 4.69) is 0 Å². The molecule has 1 heterocycles. The van der Waals surface area contributed by atoms with E-state index in [0.29, 0.717) is 0 Å². The van der Waals surface area contributed by atoms with Crippen LogP contribution in [0.3, 0.4) is 0 Å². The van der Waals surface area contributed by atoms with Gasteiger partial charge in [0.1, 0.15) is 6.61 Å². The van der Waals surface area contributed by atoms with Gasteiger partial charge >= 0.3 is 12.1 Å². The number of carbonyl (C=O) groups is 3. The average Bonchev–Trinajstić information content (AvgIpc) is 2.77. The summed E-state index contributed by atoms with van der Waals surface area (Å²) in [6.07, 6.45) is 2.74. The highest BCUT2D eigenvalue weighted by Gasteiger charge is 2.47. The molecule has 0 radical (unpaired) electrons. The van der Waals surface area contributed by atoms with E-state index in [0.717, 1.165) is 15.4 Å². The fourth-order valence-corrected chi connectivity index (χ4v) is 2.61. The fourth-order valence-electron chi connectivity index (χ4n) is 2.61. The Balaban J connectivity index is 2.13. The zero-order chi connectivity index (χ0) is 17.0. The Morgan fingerprint density at radius 2 is 1.87 bits per heavy atom. The summed E-state index contributed by atoms with van der Waals surface area (Å²) >= 11 is 0. The van der Waals surface area contributed by atoms with Crippen LogP contribution >= 0.6 is 0 Å². The van der Waals surface area contributed by atoms with Crippen LogP contribution < -0.4 is 0 Å². The monoisotopic (exact) mass is 316 g/mol. The van der Waals surface area contributed by atoms with Gasteiger partial charge in [0.15, 0.2) is 0 Å². The minimum absolute atomic E-state index is 0.0739. The van der Waals surface area contributed by atoms with Crippen LogP contribution in [-0.4, -0.2) is 39.9 Å². The molecular weight excluding hydrogens is 296 g/mol. The first-order valence-electron chi connectivity index (χ1n) is 7.43. The highest BCUT2D eigenvalue weighted by molar-refractivity contribution is 6.02. The second-order valence-corrected chi connectivity index (χ2v) is 5.34. The Kier molecular flexibility index (Phi) is 5.16. The van der Waals surface area contributed by atoms with Crippen LogP contribution in [0.1, 0.15) is 26.3 Å². The van der Waals surface area contributed by atoms with E-state index in [1.54, 1.807) is 26.0 Å². The summed E-state index contributed by atoms with van der Waals surface area (Å²) in [5.74, 6) is -0.400. The van der Waals surface area contributed by atoms with Crippen molar-refractivity contribution < 1.29 is 19.1 Å². The molecule has 0 saturated carbocycles. The average molecular weight is 316 g/mol. The van der Waals surface area contributed by atoms with Crippen molar-refractivity contribution in [3.8, 4) is 0 Å². The second-order valence-electron chi connectivity index (χ2n) is 5.34. The van der Waals surface area contributed by atoms with Crippen molar-refractivity contribution in [3.05, 3.63) is 48.0 Å². The molecule has 1 aliphatic heterocycles. The number of nitrogens with zero attached hydrogens (tertiary/aromatic N) is 2. The largest absolute Gasteiger partial charge is 0.444 e. The van der Waals surface area contributed by atoms with Crippen molar-refractivity contribution in [2.45, 2.75) is 39.5 Å². The summed E-state index contributed by atoms with van der Waals surface area (Å²) < 4.78 is 5.21. The molecule has 0 aliphatic carbocycles. The smallest absolute Gasteiger partial charge is 0.418 e. The zero-order valence-electron chi connectivity index (χ0n) is 13.4. The van der Waals surface area contributed by atoms with Gasteiger partial charge in [-0.2, -0.15) is 0 Å².